The minimum atomic E-state index is -5.92. The second-order valence-electron chi connectivity index (χ2n) is 1.10. The van der Waals surface area contributed by atoms with Gasteiger partial charge in [0.2, 0.25) is 0 Å². The summed E-state index contributed by atoms with van der Waals surface area (Å²) in [7, 11) is -11.8. The molecule has 0 fully saturated rings. The Balaban J connectivity index is -0.000000107. The van der Waals surface area contributed by atoms with Crippen molar-refractivity contribution in [2.24, 2.45) is 0 Å². The average Bonchev–Trinajstić information content (AvgIpc) is 1.14. The zero-order valence-electron chi connectivity index (χ0n) is 5.98. The molecule has 0 rings (SSSR count). The summed E-state index contributed by atoms with van der Waals surface area (Å²) >= 11 is 0. The van der Waals surface area contributed by atoms with Crippen molar-refractivity contribution >= 4 is 155 Å². The molecule has 0 aromatic heterocycles. The van der Waals surface area contributed by atoms with Gasteiger partial charge < -0.3 is 32.9 Å². The van der Waals surface area contributed by atoms with Crippen LogP contribution in [0.25, 0.3) is 0 Å². The van der Waals surface area contributed by atoms with E-state index in [1.165, 1.54) is 0 Å². The molecule has 0 spiro atoms. The van der Waals surface area contributed by atoms with Crippen molar-refractivity contribution in [3.05, 3.63) is 0 Å². The molecule has 0 radical (unpaired) electrons. The van der Waals surface area contributed by atoms with E-state index in [9.17, 15) is 28.8 Å². The molecule has 0 N–H and O–H groups in total. The maximum Gasteiger partial charge on any atom is 2.00 e. The Kier molecular flexibility index (Phi) is 22.8. The van der Waals surface area contributed by atoms with Gasteiger partial charge in [-0.25, -0.2) is 0 Å². The topological polar surface area (TPSA) is 148 Å². The van der Waals surface area contributed by atoms with E-state index in [0.717, 1.165) is 0 Å². The van der Waals surface area contributed by atoms with Crippen LogP contribution in [0.4, 0.5) is 0 Å². The van der Waals surface area contributed by atoms with Crippen molar-refractivity contribution in [1.29, 1.82) is 0 Å². The molecular formula is O7Si2Sr3. The predicted molar refractivity (Wildman–Crippen MR) is 29.9 cm³/mol. The molecule has 7 nitrogen and oxygen atoms in total. The van der Waals surface area contributed by atoms with Crippen LogP contribution in [-0.4, -0.2) is 155 Å². The molecule has 0 saturated heterocycles. The molecule has 0 atom stereocenters. The Morgan fingerprint density at radius 3 is 0.750 bits per heavy atom. The van der Waals surface area contributed by atoms with Crippen molar-refractivity contribution in [3.8, 4) is 0 Å². The van der Waals surface area contributed by atoms with Crippen LogP contribution < -0.4 is 28.8 Å². The van der Waals surface area contributed by atoms with E-state index in [1.54, 1.807) is 0 Å². The van der Waals surface area contributed by atoms with Crippen LogP contribution in [-0.2, 0) is 4.12 Å². The summed E-state index contributed by atoms with van der Waals surface area (Å²) < 4.78 is 2.57. The van der Waals surface area contributed by atoms with Gasteiger partial charge >= 0.3 is 136 Å². The molecular weight excluding hydrogens is 431 g/mol. The van der Waals surface area contributed by atoms with E-state index in [0.29, 0.717) is 0 Å². The SMILES string of the molecule is [O-][Si]([O-])([O-])O[Si]([O-])([O-])[O-].[Sr+2].[Sr+2].[Sr+2]. The van der Waals surface area contributed by atoms with Crippen molar-refractivity contribution in [2.75, 3.05) is 0 Å². The van der Waals surface area contributed by atoms with Gasteiger partial charge in [-0.05, 0) is 0 Å². The van der Waals surface area contributed by atoms with E-state index >= 15 is 0 Å². The van der Waals surface area contributed by atoms with Crippen LogP contribution in [0, 0.1) is 0 Å². The molecule has 0 heterocycles. The fourth-order valence-electron chi connectivity index (χ4n) is 0.153. The molecule has 0 unspecified atom stereocenters. The standard InChI is InChI=1S/O7Si2.3Sr/c1-8(2,3)7-9(4,5)6;;;/q-6;3*+2. The molecule has 0 aliphatic rings. The van der Waals surface area contributed by atoms with Gasteiger partial charge in [-0.15, -0.1) is 18.1 Å². The van der Waals surface area contributed by atoms with Gasteiger partial charge in [0.1, 0.15) is 0 Å². The van der Waals surface area contributed by atoms with E-state index in [1.807, 2.05) is 0 Å². The summed E-state index contributed by atoms with van der Waals surface area (Å²) in [5.41, 5.74) is 0. The summed E-state index contributed by atoms with van der Waals surface area (Å²) in [5.74, 6) is 0. The van der Waals surface area contributed by atoms with E-state index in [4.69, 9.17) is 0 Å². The summed E-state index contributed by atoms with van der Waals surface area (Å²) in [6.07, 6.45) is 0. The fourth-order valence-corrected chi connectivity index (χ4v) is 1.38. The molecule has 0 amide bonds. The third-order valence-electron chi connectivity index (χ3n) is 0.250. The second kappa shape index (κ2) is 10.7. The first kappa shape index (κ1) is 25.4. The normalized spacial score (nSPS) is 10.5. The smallest absolute Gasteiger partial charge is 0.862 e. The van der Waals surface area contributed by atoms with E-state index < -0.39 is 18.1 Å². The van der Waals surface area contributed by atoms with Crippen LogP contribution in [0.1, 0.15) is 0 Å². The van der Waals surface area contributed by atoms with E-state index in [-0.39, 0.29) is 136 Å². The minimum absolute atomic E-state index is 0. The molecule has 56 valence electrons. The Morgan fingerprint density at radius 1 is 0.583 bits per heavy atom. The average molecular weight is 431 g/mol. The van der Waals surface area contributed by atoms with Crippen molar-refractivity contribution in [2.45, 2.75) is 0 Å². The van der Waals surface area contributed by atoms with Crippen LogP contribution >= 0.6 is 0 Å². The summed E-state index contributed by atoms with van der Waals surface area (Å²) in [4.78, 5) is 56.2. The summed E-state index contributed by atoms with van der Waals surface area (Å²) in [6, 6.07) is 0. The van der Waals surface area contributed by atoms with Crippen LogP contribution in [0.2, 0.25) is 0 Å². The first-order chi connectivity index (χ1) is 3.71. The number of hydrogen-bond donors (Lipinski definition) is 0. The fraction of sp³-hybridized carbons (Fsp3) is 0. The van der Waals surface area contributed by atoms with Gasteiger partial charge in [0, 0.05) is 0 Å². The predicted octanol–water partition coefficient (Wildman–Crippen LogP) is -9.11. The van der Waals surface area contributed by atoms with Gasteiger partial charge in [-0.2, -0.15) is 0 Å². The molecule has 0 aromatic rings. The zero-order valence-corrected chi connectivity index (χ0v) is 18.4. The first-order valence-electron chi connectivity index (χ1n) is 1.63. The van der Waals surface area contributed by atoms with Crippen LogP contribution in [0.15, 0.2) is 0 Å². The van der Waals surface area contributed by atoms with Crippen LogP contribution in [0.3, 0.4) is 0 Å². The van der Waals surface area contributed by atoms with Crippen molar-refractivity contribution in [3.63, 3.8) is 0 Å². The maximum absolute atomic E-state index is 9.36. The quantitative estimate of drug-likeness (QED) is 0.395. The molecule has 0 aromatic carbocycles. The van der Waals surface area contributed by atoms with Gasteiger partial charge in [0.15, 0.2) is 0 Å². The van der Waals surface area contributed by atoms with Crippen molar-refractivity contribution < 1.29 is 32.9 Å². The zero-order chi connectivity index (χ0) is 7.71. The number of hydrogen-bond acceptors (Lipinski definition) is 7. The largest absolute Gasteiger partial charge is 2.00 e. The summed E-state index contributed by atoms with van der Waals surface area (Å²) in [5, 5.41) is 0. The van der Waals surface area contributed by atoms with Gasteiger partial charge in [-0.1, -0.05) is 0 Å². The maximum atomic E-state index is 9.36. The van der Waals surface area contributed by atoms with E-state index in [2.05, 4.69) is 4.12 Å². The van der Waals surface area contributed by atoms with Crippen molar-refractivity contribution in [1.82, 2.24) is 0 Å². The Hall–Kier alpha value is 4.60. The first-order valence-corrected chi connectivity index (χ1v) is 4.90. The Bertz CT molecular complexity index is 81.8. The van der Waals surface area contributed by atoms with Gasteiger partial charge in [0.25, 0.3) is 0 Å². The molecule has 0 saturated carbocycles. The Morgan fingerprint density at radius 2 is 0.750 bits per heavy atom. The Labute approximate surface area is 182 Å². The molecule has 0 bridgehead atoms. The minimum Gasteiger partial charge on any atom is -0.862 e. The third-order valence-corrected chi connectivity index (χ3v) is 2.25. The second-order valence-corrected chi connectivity index (χ2v) is 3.92. The van der Waals surface area contributed by atoms with Gasteiger partial charge in [-0.3, -0.25) is 0 Å². The molecule has 12 heteroatoms. The number of rotatable bonds is 2. The molecule has 0 aliphatic carbocycles. The summed E-state index contributed by atoms with van der Waals surface area (Å²) in [6.45, 7) is 0. The van der Waals surface area contributed by atoms with Gasteiger partial charge in [0.05, 0.1) is 0 Å². The molecule has 0 aliphatic heterocycles. The van der Waals surface area contributed by atoms with Crippen LogP contribution in [0.5, 0.6) is 0 Å². The monoisotopic (exact) mass is 432 g/mol. The molecule has 12 heavy (non-hydrogen) atoms. The third kappa shape index (κ3) is 24.0.